The van der Waals surface area contributed by atoms with E-state index in [0.717, 1.165) is 25.7 Å². The summed E-state index contributed by atoms with van der Waals surface area (Å²) < 4.78 is 5.37. The first-order valence-corrected chi connectivity index (χ1v) is 5.89. The first-order chi connectivity index (χ1) is 7.08. The van der Waals surface area contributed by atoms with Crippen LogP contribution in [0.15, 0.2) is 12.2 Å². The Morgan fingerprint density at radius 3 is 2.67 bits per heavy atom. The van der Waals surface area contributed by atoms with Crippen molar-refractivity contribution in [2.24, 2.45) is 5.92 Å². The Kier molecular flexibility index (Phi) is 4.37. The van der Waals surface area contributed by atoms with Crippen LogP contribution in [-0.2, 0) is 9.53 Å². The van der Waals surface area contributed by atoms with Crippen LogP contribution in [0, 0.1) is 5.92 Å². The molecule has 0 radical (unpaired) electrons. The van der Waals surface area contributed by atoms with Crippen LogP contribution in [0.4, 0.5) is 0 Å². The van der Waals surface area contributed by atoms with Gasteiger partial charge in [-0.1, -0.05) is 19.1 Å². The maximum Gasteiger partial charge on any atom is 0.303 e. The number of esters is 1. The summed E-state index contributed by atoms with van der Waals surface area (Å²) >= 11 is 0. The second-order valence-electron chi connectivity index (χ2n) is 4.73. The third-order valence-electron chi connectivity index (χ3n) is 2.95. The molecule has 2 nitrogen and oxygen atoms in total. The van der Waals surface area contributed by atoms with E-state index < -0.39 is 0 Å². The van der Waals surface area contributed by atoms with Crippen LogP contribution >= 0.6 is 0 Å². The smallest absolute Gasteiger partial charge is 0.303 e. The lowest BCUT2D eigenvalue weighted by molar-refractivity contribution is -0.149. The highest BCUT2D eigenvalue weighted by Crippen LogP contribution is 2.45. The monoisotopic (exact) mass is 210 g/mol. The van der Waals surface area contributed by atoms with E-state index in [-0.39, 0.29) is 11.6 Å². The molecule has 1 aliphatic carbocycles. The third-order valence-corrected chi connectivity index (χ3v) is 2.95. The molecule has 0 saturated heterocycles. The van der Waals surface area contributed by atoms with Gasteiger partial charge < -0.3 is 4.74 Å². The normalized spacial score (nSPS) is 20.2. The van der Waals surface area contributed by atoms with Gasteiger partial charge in [-0.15, -0.1) is 0 Å². The molecule has 0 aromatic carbocycles. The highest BCUT2D eigenvalue weighted by molar-refractivity contribution is 5.66. The molecule has 0 spiro atoms. The van der Waals surface area contributed by atoms with Crippen LogP contribution in [0.2, 0.25) is 0 Å². The van der Waals surface area contributed by atoms with E-state index in [9.17, 15) is 4.79 Å². The number of rotatable bonds is 6. The van der Waals surface area contributed by atoms with Crippen molar-refractivity contribution >= 4 is 5.97 Å². The van der Waals surface area contributed by atoms with Gasteiger partial charge in [-0.3, -0.25) is 4.79 Å². The van der Waals surface area contributed by atoms with Crippen LogP contribution in [0.25, 0.3) is 0 Å². The predicted octanol–water partition coefficient (Wildman–Crippen LogP) is 3.46. The molecule has 1 saturated carbocycles. The Morgan fingerprint density at radius 2 is 2.20 bits per heavy atom. The number of ether oxygens (including phenoxy) is 1. The van der Waals surface area contributed by atoms with Gasteiger partial charge in [0.2, 0.25) is 0 Å². The lowest BCUT2D eigenvalue weighted by Crippen LogP contribution is -2.20. The fourth-order valence-corrected chi connectivity index (χ4v) is 2.08. The van der Waals surface area contributed by atoms with Gasteiger partial charge in [0.05, 0.1) is 0 Å². The number of hydrogen-bond acceptors (Lipinski definition) is 2. The Labute approximate surface area is 92.7 Å². The van der Waals surface area contributed by atoms with E-state index >= 15 is 0 Å². The molecule has 1 unspecified atom stereocenters. The lowest BCUT2D eigenvalue weighted by Gasteiger charge is -2.19. The largest absolute Gasteiger partial charge is 0.459 e. The summed E-state index contributed by atoms with van der Waals surface area (Å²) in [4.78, 5) is 10.9. The minimum Gasteiger partial charge on any atom is -0.459 e. The fraction of sp³-hybridized carbons (Fsp3) is 0.769. The highest BCUT2D eigenvalue weighted by atomic mass is 16.6. The van der Waals surface area contributed by atoms with Crippen molar-refractivity contribution in [1.82, 2.24) is 0 Å². The molecule has 0 aromatic rings. The summed E-state index contributed by atoms with van der Waals surface area (Å²) in [5.74, 6) is 0.510. The SMILES string of the molecule is CC=CCCC(C)CC1(OC(C)=O)CC1. The van der Waals surface area contributed by atoms with Crippen LogP contribution in [0.1, 0.15) is 52.9 Å². The minimum absolute atomic E-state index is 0.0822. The van der Waals surface area contributed by atoms with E-state index in [1.807, 2.05) is 6.92 Å². The highest BCUT2D eigenvalue weighted by Gasteiger charge is 2.46. The number of allylic oxidation sites excluding steroid dienone is 2. The standard InChI is InChI=1S/C13H22O2/c1-4-5-6-7-11(2)10-13(8-9-13)15-12(3)14/h4-5,11H,6-10H2,1-3H3. The van der Waals surface area contributed by atoms with Crippen LogP contribution in [0.5, 0.6) is 0 Å². The van der Waals surface area contributed by atoms with Crippen molar-refractivity contribution in [3.63, 3.8) is 0 Å². The van der Waals surface area contributed by atoms with E-state index in [1.165, 1.54) is 13.3 Å². The summed E-state index contributed by atoms with van der Waals surface area (Å²) in [6, 6.07) is 0. The predicted molar refractivity (Wildman–Crippen MR) is 61.6 cm³/mol. The molecule has 0 heterocycles. The molecular formula is C13H22O2. The van der Waals surface area contributed by atoms with Crippen LogP contribution in [0.3, 0.4) is 0 Å². The van der Waals surface area contributed by atoms with E-state index in [0.29, 0.717) is 5.92 Å². The molecule has 1 fully saturated rings. The van der Waals surface area contributed by atoms with Gasteiger partial charge in [0, 0.05) is 6.92 Å². The summed E-state index contributed by atoms with van der Waals surface area (Å²) in [5, 5.41) is 0. The molecule has 15 heavy (non-hydrogen) atoms. The Bertz CT molecular complexity index is 239. The molecular weight excluding hydrogens is 188 g/mol. The topological polar surface area (TPSA) is 26.3 Å². The maximum atomic E-state index is 10.9. The quantitative estimate of drug-likeness (QED) is 0.495. The minimum atomic E-state index is -0.131. The number of hydrogen-bond donors (Lipinski definition) is 0. The molecule has 2 heteroatoms. The third kappa shape index (κ3) is 4.50. The van der Waals surface area contributed by atoms with Crippen molar-refractivity contribution in [1.29, 1.82) is 0 Å². The Hall–Kier alpha value is -0.790. The first-order valence-electron chi connectivity index (χ1n) is 5.89. The number of carbonyl (C=O) groups excluding carboxylic acids is 1. The van der Waals surface area contributed by atoms with Gasteiger partial charge in [-0.2, -0.15) is 0 Å². The molecule has 1 atom stereocenters. The van der Waals surface area contributed by atoms with Gasteiger partial charge in [-0.05, 0) is 44.9 Å². The van der Waals surface area contributed by atoms with Crippen molar-refractivity contribution in [3.8, 4) is 0 Å². The Balaban J connectivity index is 2.24. The van der Waals surface area contributed by atoms with E-state index in [4.69, 9.17) is 4.74 Å². The van der Waals surface area contributed by atoms with Crippen molar-refractivity contribution < 1.29 is 9.53 Å². The Morgan fingerprint density at radius 1 is 1.53 bits per heavy atom. The van der Waals surface area contributed by atoms with Crippen molar-refractivity contribution in [2.45, 2.75) is 58.5 Å². The lowest BCUT2D eigenvalue weighted by atomic mass is 9.97. The summed E-state index contributed by atoms with van der Waals surface area (Å²) in [7, 11) is 0. The maximum absolute atomic E-state index is 10.9. The fourth-order valence-electron chi connectivity index (χ4n) is 2.08. The molecule has 1 rings (SSSR count). The molecule has 0 N–H and O–H groups in total. The summed E-state index contributed by atoms with van der Waals surface area (Å²) in [6.07, 6.45) is 9.75. The number of carbonyl (C=O) groups is 1. The average Bonchev–Trinajstić information content (AvgIpc) is 2.83. The van der Waals surface area contributed by atoms with Crippen LogP contribution in [-0.4, -0.2) is 11.6 Å². The zero-order valence-corrected chi connectivity index (χ0v) is 10.1. The second-order valence-corrected chi connectivity index (χ2v) is 4.73. The average molecular weight is 210 g/mol. The molecule has 1 aliphatic rings. The van der Waals surface area contributed by atoms with E-state index in [1.54, 1.807) is 0 Å². The summed E-state index contributed by atoms with van der Waals surface area (Å²) in [5.41, 5.74) is -0.0822. The van der Waals surface area contributed by atoms with Gasteiger partial charge in [-0.25, -0.2) is 0 Å². The first kappa shape index (κ1) is 12.3. The summed E-state index contributed by atoms with van der Waals surface area (Å²) in [6.45, 7) is 5.80. The molecule has 0 aromatic heterocycles. The van der Waals surface area contributed by atoms with Gasteiger partial charge in [0.15, 0.2) is 0 Å². The van der Waals surface area contributed by atoms with Crippen LogP contribution < -0.4 is 0 Å². The van der Waals surface area contributed by atoms with Gasteiger partial charge >= 0.3 is 5.97 Å². The van der Waals surface area contributed by atoms with E-state index in [2.05, 4.69) is 19.1 Å². The van der Waals surface area contributed by atoms with Gasteiger partial charge in [0.1, 0.15) is 5.60 Å². The zero-order valence-electron chi connectivity index (χ0n) is 10.1. The second kappa shape index (κ2) is 5.34. The van der Waals surface area contributed by atoms with Gasteiger partial charge in [0.25, 0.3) is 0 Å². The van der Waals surface area contributed by atoms with Crippen molar-refractivity contribution in [2.75, 3.05) is 0 Å². The zero-order chi connectivity index (χ0) is 11.3. The molecule has 0 aliphatic heterocycles. The molecule has 0 bridgehead atoms. The molecule has 86 valence electrons. The van der Waals surface area contributed by atoms with Crippen molar-refractivity contribution in [3.05, 3.63) is 12.2 Å². The molecule has 0 amide bonds.